The highest BCUT2D eigenvalue weighted by Crippen LogP contribution is 2.46. The van der Waals surface area contributed by atoms with Gasteiger partial charge >= 0.3 is 0 Å². The van der Waals surface area contributed by atoms with Gasteiger partial charge in [0.05, 0.1) is 32.3 Å². The van der Waals surface area contributed by atoms with Gasteiger partial charge in [-0.2, -0.15) is 0 Å². The van der Waals surface area contributed by atoms with Crippen LogP contribution < -0.4 is 19.7 Å². The van der Waals surface area contributed by atoms with Gasteiger partial charge in [0.1, 0.15) is 17.3 Å². The summed E-state index contributed by atoms with van der Waals surface area (Å²) in [7, 11) is 3.26. The number of methoxy groups -OCH3 is 2. The first-order valence-corrected chi connectivity index (χ1v) is 9.36. The summed E-state index contributed by atoms with van der Waals surface area (Å²) in [4.78, 5) is 20.2. The molecule has 2 aliphatic heterocycles. The Morgan fingerprint density at radius 1 is 1.27 bits per heavy atom. The minimum atomic E-state index is -0.0769. The second-order valence-electron chi connectivity index (χ2n) is 6.22. The number of nitrogens with one attached hydrogen (secondary N) is 1. The first-order valence-electron chi connectivity index (χ1n) is 8.54. The number of thiazole rings is 1. The van der Waals surface area contributed by atoms with E-state index in [4.69, 9.17) is 14.2 Å². The third-order valence-electron chi connectivity index (χ3n) is 4.70. The number of hydrogen-bond donors (Lipinski definition) is 1. The number of fused-ring (bicyclic) bond motifs is 1. The number of carbonyl (C=O) groups excluding carboxylic acids is 1. The van der Waals surface area contributed by atoms with E-state index in [0.29, 0.717) is 25.5 Å². The first kappa shape index (κ1) is 17.1. The second-order valence-corrected chi connectivity index (χ2v) is 7.23. The fourth-order valence-corrected chi connectivity index (χ4v) is 4.55. The molecule has 1 amide bonds. The largest absolute Gasteiger partial charge is 0.497 e. The lowest BCUT2D eigenvalue weighted by molar-refractivity contribution is -0.116. The summed E-state index contributed by atoms with van der Waals surface area (Å²) in [5.74, 6) is 2.00. The molecule has 0 bridgehead atoms. The van der Waals surface area contributed by atoms with Crippen molar-refractivity contribution in [1.82, 2.24) is 4.98 Å². The molecule has 0 saturated carbocycles. The Morgan fingerprint density at radius 2 is 2.08 bits per heavy atom. The first-order chi connectivity index (χ1) is 12.7. The van der Waals surface area contributed by atoms with Gasteiger partial charge in [-0.05, 0) is 6.07 Å². The van der Waals surface area contributed by atoms with Gasteiger partial charge in [-0.3, -0.25) is 4.79 Å². The van der Waals surface area contributed by atoms with E-state index in [0.717, 1.165) is 40.2 Å². The molecule has 1 unspecified atom stereocenters. The minimum absolute atomic E-state index is 0.0285. The topological polar surface area (TPSA) is 72.9 Å². The highest BCUT2D eigenvalue weighted by molar-refractivity contribution is 7.16. The molecule has 1 aromatic carbocycles. The number of benzene rings is 1. The number of nitrogens with zero attached hydrogens (tertiary/aromatic N) is 2. The molecule has 3 heterocycles. The van der Waals surface area contributed by atoms with E-state index in [9.17, 15) is 4.79 Å². The Balaban J connectivity index is 1.73. The van der Waals surface area contributed by atoms with Crippen LogP contribution in [0, 0.1) is 0 Å². The van der Waals surface area contributed by atoms with E-state index < -0.39 is 0 Å². The molecular weight excluding hydrogens is 354 g/mol. The smallest absolute Gasteiger partial charge is 0.226 e. The van der Waals surface area contributed by atoms with Gasteiger partial charge in [0.2, 0.25) is 5.91 Å². The molecule has 7 nitrogen and oxygen atoms in total. The van der Waals surface area contributed by atoms with Crippen molar-refractivity contribution >= 4 is 28.2 Å². The van der Waals surface area contributed by atoms with E-state index in [-0.39, 0.29) is 11.8 Å². The van der Waals surface area contributed by atoms with Crippen molar-refractivity contribution in [1.29, 1.82) is 0 Å². The second kappa shape index (κ2) is 7.13. The van der Waals surface area contributed by atoms with Gasteiger partial charge in [-0.25, -0.2) is 4.98 Å². The van der Waals surface area contributed by atoms with Gasteiger partial charge in [-0.1, -0.05) is 17.4 Å². The maximum absolute atomic E-state index is 12.3. The lowest BCUT2D eigenvalue weighted by Crippen LogP contribution is -2.36. The van der Waals surface area contributed by atoms with Crippen molar-refractivity contribution in [3.05, 3.63) is 28.6 Å². The zero-order valence-corrected chi connectivity index (χ0v) is 15.6. The Labute approximate surface area is 155 Å². The normalized spacial score (nSPS) is 19.7. The summed E-state index contributed by atoms with van der Waals surface area (Å²) < 4.78 is 16.3. The maximum atomic E-state index is 12.3. The number of aromatic nitrogens is 1. The van der Waals surface area contributed by atoms with Crippen LogP contribution in [0.2, 0.25) is 0 Å². The van der Waals surface area contributed by atoms with E-state index >= 15 is 0 Å². The number of amides is 1. The Morgan fingerprint density at radius 3 is 2.81 bits per heavy atom. The molecule has 1 fully saturated rings. The summed E-state index contributed by atoms with van der Waals surface area (Å²) in [5, 5.41) is 3.84. The molecule has 0 aliphatic carbocycles. The van der Waals surface area contributed by atoms with Crippen molar-refractivity contribution in [2.75, 3.05) is 50.7 Å². The van der Waals surface area contributed by atoms with Crippen molar-refractivity contribution in [2.45, 2.75) is 12.3 Å². The van der Waals surface area contributed by atoms with E-state index in [2.05, 4.69) is 15.2 Å². The van der Waals surface area contributed by atoms with Gasteiger partial charge in [0.15, 0.2) is 5.13 Å². The fourth-order valence-electron chi connectivity index (χ4n) is 3.35. The van der Waals surface area contributed by atoms with Crippen LogP contribution >= 0.6 is 11.3 Å². The van der Waals surface area contributed by atoms with Crippen LogP contribution in [-0.2, 0) is 9.53 Å². The van der Waals surface area contributed by atoms with E-state index in [1.54, 1.807) is 25.6 Å². The summed E-state index contributed by atoms with van der Waals surface area (Å²) in [5.41, 5.74) is 0.974. The highest BCUT2D eigenvalue weighted by Gasteiger charge is 2.33. The summed E-state index contributed by atoms with van der Waals surface area (Å²) in [6, 6.07) is 5.72. The van der Waals surface area contributed by atoms with Crippen molar-refractivity contribution < 1.29 is 19.0 Å². The number of anilines is 2. The van der Waals surface area contributed by atoms with Crippen molar-refractivity contribution in [2.24, 2.45) is 0 Å². The van der Waals surface area contributed by atoms with E-state index in [1.807, 2.05) is 18.2 Å². The van der Waals surface area contributed by atoms with Crippen LogP contribution in [0.15, 0.2) is 18.2 Å². The van der Waals surface area contributed by atoms with Gasteiger partial charge in [0.25, 0.3) is 0 Å². The number of morpholine rings is 1. The molecular formula is C18H21N3O4S. The quantitative estimate of drug-likeness (QED) is 0.885. The number of ether oxygens (including phenoxy) is 3. The molecule has 4 rings (SSSR count). The molecule has 1 atom stereocenters. The lowest BCUT2D eigenvalue weighted by Gasteiger charge is -2.26. The van der Waals surface area contributed by atoms with Gasteiger partial charge in [0, 0.05) is 37.1 Å². The molecule has 26 heavy (non-hydrogen) atoms. The summed E-state index contributed by atoms with van der Waals surface area (Å²) in [6.45, 7) is 3.03. The number of hydrogen-bond acceptors (Lipinski definition) is 7. The molecule has 1 N–H and O–H groups in total. The predicted molar refractivity (Wildman–Crippen MR) is 99.8 cm³/mol. The minimum Gasteiger partial charge on any atom is -0.497 e. The molecule has 1 saturated heterocycles. The lowest BCUT2D eigenvalue weighted by atomic mass is 9.90. The standard InChI is InChI=1S/C18H21N3O4S/c1-23-11-3-4-12(14(9-11)24-2)13-10-15(22)19-17-16(13)26-18(20-17)21-5-7-25-8-6-21/h3-4,9,13H,5-8,10H2,1-2H3,(H,19,22). The predicted octanol–water partition coefficient (Wildman–Crippen LogP) is 2.47. The zero-order valence-electron chi connectivity index (χ0n) is 14.8. The summed E-state index contributed by atoms with van der Waals surface area (Å²) >= 11 is 1.63. The fraction of sp³-hybridized carbons (Fsp3) is 0.444. The molecule has 2 aliphatic rings. The zero-order chi connectivity index (χ0) is 18.1. The molecule has 0 radical (unpaired) electrons. The average Bonchev–Trinajstić information content (AvgIpc) is 3.11. The number of carbonyl (C=O) groups is 1. The Hall–Kier alpha value is -2.32. The molecule has 2 aromatic rings. The molecule has 138 valence electrons. The Bertz CT molecular complexity index is 817. The average molecular weight is 375 g/mol. The van der Waals surface area contributed by atoms with Crippen LogP contribution in [0.4, 0.5) is 10.9 Å². The third kappa shape index (κ3) is 3.10. The third-order valence-corrected chi connectivity index (χ3v) is 5.93. The van der Waals surface area contributed by atoms with Crippen LogP contribution in [0.5, 0.6) is 11.5 Å². The SMILES string of the molecule is COc1ccc(C2CC(=O)Nc3nc(N4CCOCC4)sc32)c(OC)c1. The number of rotatable bonds is 4. The van der Waals surface area contributed by atoms with Crippen LogP contribution in [0.25, 0.3) is 0 Å². The highest BCUT2D eigenvalue weighted by atomic mass is 32.1. The van der Waals surface area contributed by atoms with Crippen molar-refractivity contribution in [3.63, 3.8) is 0 Å². The Kier molecular flexibility index (Phi) is 4.69. The van der Waals surface area contributed by atoms with Crippen LogP contribution in [0.1, 0.15) is 22.8 Å². The van der Waals surface area contributed by atoms with Crippen LogP contribution in [0.3, 0.4) is 0 Å². The van der Waals surface area contributed by atoms with Crippen LogP contribution in [-0.4, -0.2) is 51.4 Å². The molecule has 0 spiro atoms. The summed E-state index contributed by atoms with van der Waals surface area (Å²) in [6.07, 6.45) is 0.375. The molecule has 1 aromatic heterocycles. The van der Waals surface area contributed by atoms with Gasteiger partial charge < -0.3 is 24.4 Å². The monoisotopic (exact) mass is 375 g/mol. The van der Waals surface area contributed by atoms with Gasteiger partial charge in [-0.15, -0.1) is 0 Å². The maximum Gasteiger partial charge on any atom is 0.226 e. The molecule has 8 heteroatoms. The van der Waals surface area contributed by atoms with E-state index in [1.165, 1.54) is 0 Å². The van der Waals surface area contributed by atoms with Crippen molar-refractivity contribution in [3.8, 4) is 11.5 Å².